The van der Waals surface area contributed by atoms with E-state index in [2.05, 4.69) is 67.6 Å². The third-order valence-corrected chi connectivity index (χ3v) is 14.4. The third kappa shape index (κ3) is 3.11. The van der Waals surface area contributed by atoms with Crippen LogP contribution < -0.4 is 0 Å². The van der Waals surface area contributed by atoms with Crippen molar-refractivity contribution in [1.82, 2.24) is 0 Å². The first-order chi connectivity index (χ1) is 13.7. The van der Waals surface area contributed by atoms with E-state index in [0.717, 1.165) is 19.3 Å². The van der Waals surface area contributed by atoms with Crippen LogP contribution in [0.15, 0.2) is 23.0 Å². The minimum absolute atomic E-state index is 0.0924. The molecule has 4 heteroatoms. The van der Waals surface area contributed by atoms with Crippen LogP contribution in [0.5, 0.6) is 0 Å². The van der Waals surface area contributed by atoms with Crippen LogP contribution in [-0.4, -0.2) is 25.6 Å². The zero-order valence-corrected chi connectivity index (χ0v) is 21.9. The van der Waals surface area contributed by atoms with E-state index in [-0.39, 0.29) is 27.8 Å². The molecule has 0 radical (unpaired) electrons. The van der Waals surface area contributed by atoms with Crippen molar-refractivity contribution in [2.24, 2.45) is 16.7 Å². The molecular weight excluding hydrogens is 388 g/mol. The second kappa shape index (κ2) is 6.71. The van der Waals surface area contributed by atoms with Crippen LogP contribution in [0.2, 0.25) is 18.1 Å². The second-order valence-electron chi connectivity index (χ2n) is 13.1. The van der Waals surface area contributed by atoms with Crippen molar-refractivity contribution in [2.45, 2.75) is 122 Å². The van der Waals surface area contributed by atoms with Crippen molar-refractivity contribution in [3.05, 3.63) is 24.2 Å². The molecule has 3 fully saturated rings. The maximum atomic E-state index is 7.14. The average molecular weight is 433 g/mol. The van der Waals surface area contributed by atoms with Gasteiger partial charge in [-0.2, -0.15) is 0 Å². The standard InChI is InChI=1S/C26H44O3Si/c1-22(2,3)30(8,9)28-21-17-20-23(4,5)13-10-14-24(20,6)26(25(21,7)29-26)15-11-19-12-16-27-18-19/h12,16,18,20-21H,10-11,13-15,17H2,1-9H3/t20-,21-,24-,25+,26-/m0/s1. The zero-order chi connectivity index (χ0) is 22.2. The lowest BCUT2D eigenvalue weighted by atomic mass is 9.45. The monoisotopic (exact) mass is 432 g/mol. The largest absolute Gasteiger partial charge is 0.472 e. The maximum absolute atomic E-state index is 7.14. The Labute approximate surface area is 185 Å². The number of hydrogen-bond donors (Lipinski definition) is 0. The summed E-state index contributed by atoms with van der Waals surface area (Å²) in [4.78, 5) is 0. The highest BCUT2D eigenvalue weighted by atomic mass is 28.4. The molecule has 2 saturated carbocycles. The molecule has 0 bridgehead atoms. The van der Waals surface area contributed by atoms with E-state index < -0.39 is 8.32 Å². The van der Waals surface area contributed by atoms with Gasteiger partial charge in [0.05, 0.1) is 18.6 Å². The third-order valence-electron chi connectivity index (χ3n) is 9.95. The van der Waals surface area contributed by atoms with Gasteiger partial charge >= 0.3 is 0 Å². The van der Waals surface area contributed by atoms with Gasteiger partial charge in [0, 0.05) is 5.41 Å². The topological polar surface area (TPSA) is 34.9 Å². The Hall–Kier alpha value is -0.583. The molecule has 30 heavy (non-hydrogen) atoms. The molecular formula is C26H44O3Si. The van der Waals surface area contributed by atoms with Gasteiger partial charge in [-0.15, -0.1) is 0 Å². The van der Waals surface area contributed by atoms with Crippen LogP contribution >= 0.6 is 0 Å². The molecule has 0 spiro atoms. The Balaban J connectivity index is 1.70. The molecule has 0 N–H and O–H groups in total. The van der Waals surface area contributed by atoms with Gasteiger partial charge in [-0.3, -0.25) is 0 Å². The zero-order valence-electron chi connectivity index (χ0n) is 20.9. The van der Waals surface area contributed by atoms with Gasteiger partial charge in [0.1, 0.15) is 11.2 Å². The molecule has 2 aliphatic carbocycles. The van der Waals surface area contributed by atoms with Crippen molar-refractivity contribution in [3.63, 3.8) is 0 Å². The summed E-state index contributed by atoms with van der Waals surface area (Å²) in [6, 6.07) is 2.10. The van der Waals surface area contributed by atoms with Gasteiger partial charge in [0.2, 0.25) is 0 Å². The molecule has 3 nitrogen and oxygen atoms in total. The first-order valence-electron chi connectivity index (χ1n) is 12.1. The lowest BCUT2D eigenvalue weighted by molar-refractivity contribution is -0.0972. The maximum Gasteiger partial charge on any atom is 0.192 e. The molecule has 3 aliphatic rings. The molecule has 170 valence electrons. The summed E-state index contributed by atoms with van der Waals surface area (Å²) in [6.07, 6.45) is 11.0. The molecule has 0 amide bonds. The molecule has 1 saturated heterocycles. The lowest BCUT2D eigenvalue weighted by Crippen LogP contribution is -2.62. The summed E-state index contributed by atoms with van der Waals surface area (Å²) in [5.41, 5.74) is 1.55. The Bertz CT molecular complexity index is 777. The van der Waals surface area contributed by atoms with Crippen LogP contribution in [0.3, 0.4) is 0 Å². The van der Waals surface area contributed by atoms with Crippen molar-refractivity contribution in [2.75, 3.05) is 0 Å². The van der Waals surface area contributed by atoms with E-state index >= 15 is 0 Å². The van der Waals surface area contributed by atoms with E-state index in [0.29, 0.717) is 11.3 Å². The number of rotatable bonds is 5. The predicted octanol–water partition coefficient (Wildman–Crippen LogP) is 7.37. The molecule has 1 aromatic heterocycles. The molecule has 1 aliphatic heterocycles. The van der Waals surface area contributed by atoms with E-state index in [1.807, 2.05) is 6.26 Å². The van der Waals surface area contributed by atoms with Crippen LogP contribution in [-0.2, 0) is 15.6 Å². The predicted molar refractivity (Wildman–Crippen MR) is 125 cm³/mol. The van der Waals surface area contributed by atoms with Crippen molar-refractivity contribution in [3.8, 4) is 0 Å². The summed E-state index contributed by atoms with van der Waals surface area (Å²) >= 11 is 0. The van der Waals surface area contributed by atoms with Gasteiger partial charge in [0.15, 0.2) is 8.32 Å². The molecule has 4 rings (SSSR count). The van der Waals surface area contributed by atoms with Crippen LogP contribution in [0, 0.1) is 16.7 Å². The molecule has 0 unspecified atom stereocenters. The number of epoxide rings is 1. The summed E-state index contributed by atoms with van der Waals surface area (Å²) in [6.45, 7) is 21.7. The average Bonchev–Trinajstić information content (AvgIpc) is 2.98. The highest BCUT2D eigenvalue weighted by Gasteiger charge is 2.82. The number of furan rings is 1. The highest BCUT2D eigenvalue weighted by molar-refractivity contribution is 6.74. The molecule has 2 heterocycles. The first kappa shape index (κ1) is 22.6. The van der Waals surface area contributed by atoms with E-state index in [1.165, 1.54) is 24.8 Å². The molecule has 1 aromatic rings. The summed E-state index contributed by atoms with van der Waals surface area (Å²) in [5.74, 6) is 0.633. The fraction of sp³-hybridized carbons (Fsp3) is 0.846. The first-order valence-corrected chi connectivity index (χ1v) is 15.0. The molecule has 0 aromatic carbocycles. The Morgan fingerprint density at radius 3 is 2.43 bits per heavy atom. The fourth-order valence-corrected chi connectivity index (χ4v) is 8.39. The van der Waals surface area contributed by atoms with E-state index in [1.54, 1.807) is 6.26 Å². The fourth-order valence-electron chi connectivity index (χ4n) is 7.00. The van der Waals surface area contributed by atoms with Crippen LogP contribution in [0.1, 0.15) is 86.1 Å². The number of aryl methyl sites for hydroxylation is 1. The minimum Gasteiger partial charge on any atom is -0.472 e. The number of fused-ring (bicyclic) bond motifs is 3. The lowest BCUT2D eigenvalue weighted by Gasteiger charge is -2.59. The summed E-state index contributed by atoms with van der Waals surface area (Å²) in [5, 5.41) is 0.209. The Morgan fingerprint density at radius 1 is 1.13 bits per heavy atom. The quantitative estimate of drug-likeness (QED) is 0.360. The minimum atomic E-state index is -1.89. The van der Waals surface area contributed by atoms with Gasteiger partial charge in [-0.05, 0) is 80.1 Å². The summed E-state index contributed by atoms with van der Waals surface area (Å²) < 4.78 is 19.5. The van der Waals surface area contributed by atoms with E-state index in [4.69, 9.17) is 13.6 Å². The normalized spacial score (nSPS) is 40.6. The second-order valence-corrected chi connectivity index (χ2v) is 17.8. The van der Waals surface area contributed by atoms with Gasteiger partial charge in [-0.1, -0.05) is 48.0 Å². The van der Waals surface area contributed by atoms with Crippen LogP contribution in [0.25, 0.3) is 0 Å². The van der Waals surface area contributed by atoms with Gasteiger partial charge in [0.25, 0.3) is 0 Å². The van der Waals surface area contributed by atoms with Gasteiger partial charge in [-0.25, -0.2) is 0 Å². The smallest absolute Gasteiger partial charge is 0.192 e. The number of ether oxygens (including phenoxy) is 1. The Morgan fingerprint density at radius 2 is 1.83 bits per heavy atom. The Kier molecular flexibility index (Phi) is 5.06. The van der Waals surface area contributed by atoms with Crippen molar-refractivity contribution in [1.29, 1.82) is 0 Å². The summed E-state index contributed by atoms with van der Waals surface area (Å²) in [7, 11) is -1.89. The van der Waals surface area contributed by atoms with Crippen molar-refractivity contribution >= 4 is 8.32 Å². The SMILES string of the molecule is CC1(C)CCC[C@@]2(C)[C@H]1C[C@H](O[Si](C)(C)C(C)(C)C)[C@@]1(C)O[C@@]21CCc1ccoc1. The van der Waals surface area contributed by atoms with Crippen LogP contribution in [0.4, 0.5) is 0 Å². The number of hydrogen-bond acceptors (Lipinski definition) is 3. The highest BCUT2D eigenvalue weighted by Crippen LogP contribution is 2.75. The van der Waals surface area contributed by atoms with E-state index in [9.17, 15) is 0 Å². The van der Waals surface area contributed by atoms with Crippen molar-refractivity contribution < 1.29 is 13.6 Å². The molecule has 5 atom stereocenters. The van der Waals surface area contributed by atoms with Gasteiger partial charge < -0.3 is 13.6 Å².